The standard InChI is InChI=1S/C24H20ClF6NO3/c25-23(28,29)21(33)15-32(14-16-6-4-11-20(12-16)35-24(30,31)22(26)27)17-7-5-10-19(13-17)34-18-8-2-1-3-9-18/h1-13,21-22,33H,14-15H2/t21-/m1/s1. The minimum Gasteiger partial charge on any atom is -0.457 e. The second-order valence-electron chi connectivity index (χ2n) is 7.46. The lowest BCUT2D eigenvalue weighted by Crippen LogP contribution is -2.40. The summed E-state index contributed by atoms with van der Waals surface area (Å²) in [5, 5.41) is 5.96. The average Bonchev–Trinajstić information content (AvgIpc) is 2.79. The first-order chi connectivity index (χ1) is 16.4. The lowest BCUT2D eigenvalue weighted by atomic mass is 10.1. The zero-order valence-corrected chi connectivity index (χ0v) is 18.7. The molecule has 3 aromatic rings. The number of ether oxygens (including phenoxy) is 2. The van der Waals surface area contributed by atoms with E-state index in [0.717, 1.165) is 12.1 Å². The first-order valence-electron chi connectivity index (χ1n) is 10.2. The van der Waals surface area contributed by atoms with Crippen molar-refractivity contribution in [2.24, 2.45) is 0 Å². The summed E-state index contributed by atoms with van der Waals surface area (Å²) < 4.78 is 88.4. The van der Waals surface area contributed by atoms with Crippen molar-refractivity contribution >= 4 is 17.3 Å². The number of nitrogens with zero attached hydrogens (tertiary/aromatic N) is 1. The Balaban J connectivity index is 1.87. The molecule has 0 aliphatic heterocycles. The quantitative estimate of drug-likeness (QED) is 0.221. The van der Waals surface area contributed by atoms with E-state index in [-0.39, 0.29) is 12.1 Å². The summed E-state index contributed by atoms with van der Waals surface area (Å²) in [6.07, 6.45) is -11.0. The van der Waals surface area contributed by atoms with Gasteiger partial charge in [0.1, 0.15) is 23.4 Å². The van der Waals surface area contributed by atoms with Gasteiger partial charge in [-0.05, 0) is 53.6 Å². The second-order valence-corrected chi connectivity index (χ2v) is 7.97. The number of para-hydroxylation sites is 1. The fraction of sp³-hybridized carbons (Fsp3) is 0.250. The molecule has 0 saturated carbocycles. The van der Waals surface area contributed by atoms with Crippen molar-refractivity contribution in [2.45, 2.75) is 30.6 Å². The van der Waals surface area contributed by atoms with E-state index in [1.165, 1.54) is 23.1 Å². The SMILES string of the molecule is O[C@H](CN(Cc1cccc(OC(F)(F)C(F)F)c1)c1cccc(Oc2ccccc2)c1)C(F)(F)Cl. The molecule has 11 heteroatoms. The van der Waals surface area contributed by atoms with Crippen LogP contribution in [0.4, 0.5) is 32.0 Å². The molecule has 3 rings (SSSR count). The average molecular weight is 520 g/mol. The van der Waals surface area contributed by atoms with Gasteiger partial charge in [0, 0.05) is 18.3 Å². The highest BCUT2D eigenvalue weighted by Gasteiger charge is 2.44. The monoisotopic (exact) mass is 519 g/mol. The lowest BCUT2D eigenvalue weighted by Gasteiger charge is -2.29. The smallest absolute Gasteiger partial charge is 0.457 e. The summed E-state index contributed by atoms with van der Waals surface area (Å²) in [6, 6.07) is 19.9. The van der Waals surface area contributed by atoms with Gasteiger partial charge in [0.15, 0.2) is 0 Å². The molecule has 0 radical (unpaired) electrons. The van der Waals surface area contributed by atoms with Crippen LogP contribution in [0.5, 0.6) is 17.2 Å². The number of aliphatic hydroxyl groups excluding tert-OH is 1. The van der Waals surface area contributed by atoms with E-state index in [2.05, 4.69) is 4.74 Å². The normalized spacial score (nSPS) is 12.9. The third-order valence-electron chi connectivity index (χ3n) is 4.71. The van der Waals surface area contributed by atoms with Crippen LogP contribution in [-0.4, -0.2) is 35.7 Å². The summed E-state index contributed by atoms with van der Waals surface area (Å²) in [7, 11) is 0. The Morgan fingerprint density at radius 1 is 0.829 bits per heavy atom. The molecule has 1 atom stereocenters. The Hall–Kier alpha value is -3.11. The molecular formula is C24H20ClF6NO3. The number of aliphatic hydroxyl groups is 1. The predicted octanol–water partition coefficient (Wildman–Crippen LogP) is 6.91. The predicted molar refractivity (Wildman–Crippen MR) is 119 cm³/mol. The number of alkyl halides is 7. The number of halogens is 7. The van der Waals surface area contributed by atoms with Gasteiger partial charge >= 0.3 is 17.9 Å². The van der Waals surface area contributed by atoms with Gasteiger partial charge in [0.25, 0.3) is 0 Å². The molecule has 0 spiro atoms. The fourth-order valence-corrected chi connectivity index (χ4v) is 3.14. The molecule has 1 N–H and O–H groups in total. The number of hydrogen-bond acceptors (Lipinski definition) is 4. The minimum absolute atomic E-state index is 0.184. The number of hydrogen-bond donors (Lipinski definition) is 1. The molecule has 0 saturated heterocycles. The van der Waals surface area contributed by atoms with Gasteiger partial charge < -0.3 is 19.5 Å². The lowest BCUT2D eigenvalue weighted by molar-refractivity contribution is -0.253. The molecule has 0 heterocycles. The highest BCUT2D eigenvalue weighted by molar-refractivity contribution is 6.22. The van der Waals surface area contributed by atoms with E-state index in [1.807, 2.05) is 0 Å². The van der Waals surface area contributed by atoms with Crippen LogP contribution in [-0.2, 0) is 6.54 Å². The van der Waals surface area contributed by atoms with Crippen molar-refractivity contribution in [3.05, 3.63) is 84.4 Å². The van der Waals surface area contributed by atoms with Crippen LogP contribution < -0.4 is 14.4 Å². The van der Waals surface area contributed by atoms with Crippen LogP contribution in [0.3, 0.4) is 0 Å². The topological polar surface area (TPSA) is 41.9 Å². The van der Waals surface area contributed by atoms with Gasteiger partial charge in [0.2, 0.25) is 0 Å². The molecule has 0 aromatic heterocycles. The van der Waals surface area contributed by atoms with Crippen LogP contribution in [0.25, 0.3) is 0 Å². The molecule has 0 aliphatic rings. The van der Waals surface area contributed by atoms with Crippen molar-refractivity contribution in [2.75, 3.05) is 11.4 Å². The van der Waals surface area contributed by atoms with Gasteiger partial charge in [-0.1, -0.05) is 36.4 Å². The molecule has 35 heavy (non-hydrogen) atoms. The van der Waals surface area contributed by atoms with Crippen molar-refractivity contribution < 1.29 is 40.9 Å². The van der Waals surface area contributed by atoms with Crippen LogP contribution in [0.15, 0.2) is 78.9 Å². The van der Waals surface area contributed by atoms with Gasteiger partial charge in [-0.15, -0.1) is 0 Å². The van der Waals surface area contributed by atoms with Crippen LogP contribution in [0.1, 0.15) is 5.56 Å². The van der Waals surface area contributed by atoms with Crippen molar-refractivity contribution in [3.8, 4) is 17.2 Å². The minimum atomic E-state index is -4.71. The van der Waals surface area contributed by atoms with Crippen molar-refractivity contribution in [3.63, 3.8) is 0 Å². The van der Waals surface area contributed by atoms with Crippen molar-refractivity contribution in [1.29, 1.82) is 0 Å². The maximum absolute atomic E-state index is 13.5. The zero-order chi connectivity index (χ0) is 25.6. The Morgan fingerprint density at radius 2 is 1.46 bits per heavy atom. The summed E-state index contributed by atoms with van der Waals surface area (Å²) >= 11 is 4.98. The number of rotatable bonds is 11. The largest absolute Gasteiger partial charge is 0.461 e. The number of benzene rings is 3. The first kappa shape index (κ1) is 26.5. The third-order valence-corrected chi connectivity index (χ3v) is 4.96. The molecule has 0 fully saturated rings. The Kier molecular flexibility index (Phi) is 8.39. The van der Waals surface area contributed by atoms with E-state index in [9.17, 15) is 31.4 Å². The van der Waals surface area contributed by atoms with Crippen LogP contribution in [0, 0.1) is 0 Å². The van der Waals surface area contributed by atoms with E-state index in [4.69, 9.17) is 16.3 Å². The summed E-state index contributed by atoms with van der Waals surface area (Å²) in [6.45, 7) is -0.833. The fourth-order valence-electron chi connectivity index (χ4n) is 3.07. The maximum atomic E-state index is 13.5. The van der Waals surface area contributed by atoms with E-state index < -0.39 is 36.3 Å². The maximum Gasteiger partial charge on any atom is 0.461 e. The Morgan fingerprint density at radius 3 is 2.11 bits per heavy atom. The number of anilines is 1. The van der Waals surface area contributed by atoms with Crippen LogP contribution in [0.2, 0.25) is 0 Å². The summed E-state index contributed by atoms with van der Waals surface area (Å²) in [5.74, 6) is 0.338. The molecule has 0 bridgehead atoms. The van der Waals surface area contributed by atoms with Crippen molar-refractivity contribution in [1.82, 2.24) is 0 Å². The van der Waals surface area contributed by atoms with Gasteiger partial charge in [-0.2, -0.15) is 26.3 Å². The molecular weight excluding hydrogens is 500 g/mol. The second kappa shape index (κ2) is 11.1. The molecule has 188 valence electrons. The van der Waals surface area contributed by atoms with E-state index in [0.29, 0.717) is 17.2 Å². The molecule has 3 aromatic carbocycles. The summed E-state index contributed by atoms with van der Waals surface area (Å²) in [4.78, 5) is 1.31. The van der Waals surface area contributed by atoms with Crippen LogP contribution >= 0.6 is 11.6 Å². The van der Waals surface area contributed by atoms with Gasteiger partial charge in [-0.25, -0.2) is 0 Å². The molecule has 0 amide bonds. The molecule has 0 unspecified atom stereocenters. The Bertz CT molecular complexity index is 1100. The zero-order valence-electron chi connectivity index (χ0n) is 17.9. The highest BCUT2D eigenvalue weighted by Crippen LogP contribution is 2.32. The third kappa shape index (κ3) is 7.69. The van der Waals surface area contributed by atoms with Gasteiger partial charge in [-0.3, -0.25) is 0 Å². The Labute approximate surface area is 202 Å². The summed E-state index contributed by atoms with van der Waals surface area (Å²) in [5.41, 5.74) is 0.592. The first-order valence-corrected chi connectivity index (χ1v) is 10.6. The molecule has 4 nitrogen and oxygen atoms in total. The highest BCUT2D eigenvalue weighted by atomic mass is 35.5. The van der Waals surface area contributed by atoms with Gasteiger partial charge in [0.05, 0.1) is 6.54 Å². The van der Waals surface area contributed by atoms with E-state index >= 15 is 0 Å². The molecule has 0 aliphatic carbocycles. The van der Waals surface area contributed by atoms with E-state index in [1.54, 1.807) is 48.5 Å².